The summed E-state index contributed by atoms with van der Waals surface area (Å²) in [5.74, 6) is 0.692. The highest BCUT2D eigenvalue weighted by Gasteiger charge is 2.21. The van der Waals surface area contributed by atoms with Crippen LogP contribution >= 0.6 is 11.3 Å². The van der Waals surface area contributed by atoms with E-state index in [4.69, 9.17) is 14.4 Å². The summed E-state index contributed by atoms with van der Waals surface area (Å²) in [5, 5.41) is 7.96. The monoisotopic (exact) mass is 680 g/mol. The maximum absolute atomic E-state index is 6.73. The SMILES string of the molecule is c1ccc(-c2nc(-c3cccc4oc5c6ccccc6c(-c6ccc(-c7ccc8ccccc8c7)cc6)cc5c34)nc3c2sc2ccccc23)cc1. The summed E-state index contributed by atoms with van der Waals surface area (Å²) in [6.45, 7) is 0. The van der Waals surface area contributed by atoms with Crippen LogP contribution in [0, 0.1) is 0 Å². The van der Waals surface area contributed by atoms with Gasteiger partial charge in [0.15, 0.2) is 5.82 Å². The molecule has 11 aromatic rings. The van der Waals surface area contributed by atoms with Crippen LogP contribution in [0.25, 0.3) is 109 Å². The van der Waals surface area contributed by atoms with E-state index >= 15 is 0 Å². The molecule has 0 amide bonds. The van der Waals surface area contributed by atoms with E-state index in [1.54, 1.807) is 11.3 Å². The Morgan fingerprint density at radius 2 is 1.15 bits per heavy atom. The van der Waals surface area contributed by atoms with E-state index in [0.29, 0.717) is 5.82 Å². The van der Waals surface area contributed by atoms with Crippen LogP contribution in [-0.4, -0.2) is 9.97 Å². The van der Waals surface area contributed by atoms with Crippen molar-refractivity contribution in [2.45, 2.75) is 0 Å². The van der Waals surface area contributed by atoms with Gasteiger partial charge in [-0.3, -0.25) is 0 Å². The van der Waals surface area contributed by atoms with Crippen molar-refractivity contribution in [1.82, 2.24) is 9.97 Å². The predicted molar refractivity (Wildman–Crippen MR) is 219 cm³/mol. The second kappa shape index (κ2) is 11.5. The summed E-state index contributed by atoms with van der Waals surface area (Å²) in [7, 11) is 0. The quantitative estimate of drug-likeness (QED) is 0.186. The molecule has 3 aromatic heterocycles. The number of aromatic nitrogens is 2. The highest BCUT2D eigenvalue weighted by molar-refractivity contribution is 7.26. The van der Waals surface area contributed by atoms with Crippen molar-refractivity contribution in [3.63, 3.8) is 0 Å². The largest absolute Gasteiger partial charge is 0.455 e. The molecule has 0 fully saturated rings. The fourth-order valence-electron chi connectivity index (χ4n) is 7.79. The van der Waals surface area contributed by atoms with Gasteiger partial charge in [0.05, 0.1) is 15.9 Å². The van der Waals surface area contributed by atoms with E-state index in [9.17, 15) is 0 Å². The molecule has 11 rings (SSSR count). The van der Waals surface area contributed by atoms with Gasteiger partial charge in [-0.25, -0.2) is 9.97 Å². The molecule has 4 heteroatoms. The zero-order chi connectivity index (χ0) is 34.2. The van der Waals surface area contributed by atoms with Crippen LogP contribution in [0.4, 0.5) is 0 Å². The van der Waals surface area contributed by atoms with Gasteiger partial charge < -0.3 is 4.42 Å². The number of rotatable bonds is 4. The fraction of sp³-hybridized carbons (Fsp3) is 0. The summed E-state index contributed by atoms with van der Waals surface area (Å²) >= 11 is 1.75. The molecule has 0 bridgehead atoms. The molecular weight excluding hydrogens is 653 g/mol. The van der Waals surface area contributed by atoms with Crippen LogP contribution < -0.4 is 0 Å². The summed E-state index contributed by atoms with van der Waals surface area (Å²) < 4.78 is 9.04. The molecule has 3 nitrogen and oxygen atoms in total. The summed E-state index contributed by atoms with van der Waals surface area (Å²) in [4.78, 5) is 10.6. The lowest BCUT2D eigenvalue weighted by atomic mass is 9.93. The van der Waals surface area contributed by atoms with Gasteiger partial charge in [0.25, 0.3) is 0 Å². The van der Waals surface area contributed by atoms with Gasteiger partial charge in [0.2, 0.25) is 0 Å². The number of hydrogen-bond donors (Lipinski definition) is 0. The Bertz CT molecular complexity index is 3180. The lowest BCUT2D eigenvalue weighted by Crippen LogP contribution is -1.94. The molecule has 52 heavy (non-hydrogen) atoms. The summed E-state index contributed by atoms with van der Waals surface area (Å²) in [6, 6.07) is 60.2. The van der Waals surface area contributed by atoms with E-state index in [0.717, 1.165) is 76.3 Å². The van der Waals surface area contributed by atoms with Gasteiger partial charge in [-0.15, -0.1) is 11.3 Å². The van der Waals surface area contributed by atoms with Crippen LogP contribution in [0.1, 0.15) is 0 Å². The Morgan fingerprint density at radius 1 is 0.442 bits per heavy atom. The highest BCUT2D eigenvalue weighted by atomic mass is 32.1. The molecule has 3 heterocycles. The van der Waals surface area contributed by atoms with Crippen molar-refractivity contribution in [1.29, 1.82) is 0 Å². The van der Waals surface area contributed by atoms with Crippen molar-refractivity contribution >= 4 is 75.1 Å². The molecular formula is C48H28N2OS. The first kappa shape index (κ1) is 29.1. The zero-order valence-electron chi connectivity index (χ0n) is 27.9. The first-order chi connectivity index (χ1) is 25.8. The Kier molecular flexibility index (Phi) is 6.42. The fourth-order valence-corrected chi connectivity index (χ4v) is 8.94. The van der Waals surface area contributed by atoms with Crippen molar-refractivity contribution in [3.8, 4) is 44.9 Å². The Labute approximate surface area is 303 Å². The van der Waals surface area contributed by atoms with Gasteiger partial charge in [0.1, 0.15) is 11.2 Å². The number of hydrogen-bond acceptors (Lipinski definition) is 4. The number of nitrogens with zero attached hydrogens (tertiary/aromatic N) is 2. The standard InChI is InChI=1S/C48H28N2OS/c1-2-12-32(13-3-1)44-47-45(37-17-8-9-20-42(37)52-47)50-48(49-44)38-18-10-19-41-43(38)40-28-39(35-15-6-7-16-36(35)46(40)51-41)31-24-21-30(22-25-31)34-26-23-29-11-4-5-14-33(29)27-34/h1-28H. The van der Waals surface area contributed by atoms with Gasteiger partial charge in [-0.2, -0.15) is 0 Å². The molecule has 0 aliphatic carbocycles. The van der Waals surface area contributed by atoms with Crippen molar-refractivity contribution in [2.24, 2.45) is 0 Å². The number of benzene rings is 8. The molecule has 0 aliphatic heterocycles. The van der Waals surface area contributed by atoms with E-state index in [1.807, 2.05) is 6.07 Å². The molecule has 0 spiro atoms. The molecule has 0 aliphatic rings. The molecule has 242 valence electrons. The minimum absolute atomic E-state index is 0.692. The minimum Gasteiger partial charge on any atom is -0.455 e. The van der Waals surface area contributed by atoms with E-state index in [2.05, 4.69) is 164 Å². The van der Waals surface area contributed by atoms with Gasteiger partial charge >= 0.3 is 0 Å². The molecule has 0 radical (unpaired) electrons. The van der Waals surface area contributed by atoms with Crippen molar-refractivity contribution < 1.29 is 4.42 Å². The first-order valence-corrected chi connectivity index (χ1v) is 18.3. The maximum Gasteiger partial charge on any atom is 0.161 e. The predicted octanol–water partition coefficient (Wildman–Crippen LogP) is 13.7. The van der Waals surface area contributed by atoms with Gasteiger partial charge in [-0.1, -0.05) is 146 Å². The van der Waals surface area contributed by atoms with Gasteiger partial charge in [0, 0.05) is 37.4 Å². The molecule has 0 saturated carbocycles. The van der Waals surface area contributed by atoms with Crippen molar-refractivity contribution in [3.05, 3.63) is 170 Å². The molecule has 8 aromatic carbocycles. The minimum atomic E-state index is 0.692. The van der Waals surface area contributed by atoms with E-state index in [-0.39, 0.29) is 0 Å². The van der Waals surface area contributed by atoms with Crippen LogP contribution in [0.5, 0.6) is 0 Å². The third kappa shape index (κ3) is 4.51. The van der Waals surface area contributed by atoms with Crippen LogP contribution in [-0.2, 0) is 0 Å². The smallest absolute Gasteiger partial charge is 0.161 e. The Hall–Kier alpha value is -6.62. The van der Waals surface area contributed by atoms with E-state index < -0.39 is 0 Å². The van der Waals surface area contributed by atoms with Crippen molar-refractivity contribution in [2.75, 3.05) is 0 Å². The van der Waals surface area contributed by atoms with Crippen LogP contribution in [0.3, 0.4) is 0 Å². The average molecular weight is 681 g/mol. The van der Waals surface area contributed by atoms with Crippen LogP contribution in [0.15, 0.2) is 174 Å². The highest BCUT2D eigenvalue weighted by Crippen LogP contribution is 2.45. The molecule has 0 atom stereocenters. The third-order valence-corrected chi connectivity index (χ3v) is 11.5. The number of furan rings is 1. The average Bonchev–Trinajstić information content (AvgIpc) is 3.79. The normalized spacial score (nSPS) is 11.8. The lowest BCUT2D eigenvalue weighted by Gasteiger charge is -2.11. The maximum atomic E-state index is 6.73. The summed E-state index contributed by atoms with van der Waals surface area (Å²) in [5.41, 5.74) is 10.4. The first-order valence-electron chi connectivity index (χ1n) is 17.5. The Morgan fingerprint density at radius 3 is 2.02 bits per heavy atom. The van der Waals surface area contributed by atoms with E-state index in [1.165, 1.54) is 26.6 Å². The topological polar surface area (TPSA) is 38.9 Å². The van der Waals surface area contributed by atoms with Crippen LogP contribution in [0.2, 0.25) is 0 Å². The second-order valence-corrected chi connectivity index (χ2v) is 14.4. The number of thiophene rings is 1. The summed E-state index contributed by atoms with van der Waals surface area (Å²) in [6.07, 6.45) is 0. The zero-order valence-corrected chi connectivity index (χ0v) is 28.7. The molecule has 0 unspecified atom stereocenters. The second-order valence-electron chi connectivity index (χ2n) is 13.3. The lowest BCUT2D eigenvalue weighted by molar-refractivity contribution is 0.673. The molecule has 0 N–H and O–H groups in total. The third-order valence-electron chi connectivity index (χ3n) is 10.3. The molecule has 0 saturated heterocycles. The number of fused-ring (bicyclic) bond motifs is 9. The van der Waals surface area contributed by atoms with Gasteiger partial charge in [-0.05, 0) is 62.7 Å². The Balaban J connectivity index is 1.13.